The van der Waals surface area contributed by atoms with Crippen LogP contribution in [0.2, 0.25) is 0 Å². The summed E-state index contributed by atoms with van der Waals surface area (Å²) in [5.41, 5.74) is 0. The van der Waals surface area contributed by atoms with Crippen molar-refractivity contribution in [2.24, 2.45) is 5.92 Å². The molecule has 0 amide bonds. The monoisotopic (exact) mass is 248 g/mol. The molecule has 0 bridgehead atoms. The van der Waals surface area contributed by atoms with E-state index < -0.39 is 0 Å². The van der Waals surface area contributed by atoms with E-state index in [4.69, 9.17) is 4.52 Å². The molecule has 3 rings (SSSR count). The Morgan fingerprint density at radius 1 is 1.44 bits per heavy atom. The molecule has 1 aliphatic rings. The van der Waals surface area contributed by atoms with Crippen LogP contribution >= 0.6 is 0 Å². The fourth-order valence-electron chi connectivity index (χ4n) is 2.26. The SMILES string of the molecule is c1n[nH]c(-c2noc(CCC3CCCNC3)n2)n1. The van der Waals surface area contributed by atoms with Gasteiger partial charge in [0.15, 0.2) is 5.82 Å². The summed E-state index contributed by atoms with van der Waals surface area (Å²) in [7, 11) is 0. The summed E-state index contributed by atoms with van der Waals surface area (Å²) in [6, 6.07) is 0. The molecule has 96 valence electrons. The third-order valence-electron chi connectivity index (χ3n) is 3.26. The third kappa shape index (κ3) is 2.56. The summed E-state index contributed by atoms with van der Waals surface area (Å²) in [5, 5.41) is 13.8. The second-order valence-corrected chi connectivity index (χ2v) is 4.60. The molecule has 3 heterocycles. The summed E-state index contributed by atoms with van der Waals surface area (Å²) < 4.78 is 5.21. The fraction of sp³-hybridized carbons (Fsp3) is 0.636. The molecular weight excluding hydrogens is 232 g/mol. The lowest BCUT2D eigenvalue weighted by atomic mass is 9.95. The predicted molar refractivity (Wildman–Crippen MR) is 63.6 cm³/mol. The van der Waals surface area contributed by atoms with Crippen molar-refractivity contribution in [2.45, 2.75) is 25.7 Å². The lowest BCUT2D eigenvalue weighted by molar-refractivity contribution is 0.327. The molecule has 1 atom stereocenters. The van der Waals surface area contributed by atoms with Crippen LogP contribution in [0.15, 0.2) is 10.9 Å². The van der Waals surface area contributed by atoms with Gasteiger partial charge in [-0.25, -0.2) is 4.98 Å². The van der Waals surface area contributed by atoms with Crippen molar-refractivity contribution in [1.29, 1.82) is 0 Å². The van der Waals surface area contributed by atoms with Crippen LogP contribution in [-0.2, 0) is 6.42 Å². The summed E-state index contributed by atoms with van der Waals surface area (Å²) in [6.45, 7) is 2.25. The first-order chi connectivity index (χ1) is 8.92. The maximum absolute atomic E-state index is 5.21. The first-order valence-corrected chi connectivity index (χ1v) is 6.31. The highest BCUT2D eigenvalue weighted by molar-refractivity contribution is 5.39. The zero-order chi connectivity index (χ0) is 12.2. The number of hydrogen-bond acceptors (Lipinski definition) is 6. The highest BCUT2D eigenvalue weighted by Gasteiger charge is 2.15. The Kier molecular flexibility index (Phi) is 3.31. The minimum absolute atomic E-state index is 0.476. The van der Waals surface area contributed by atoms with Crippen molar-refractivity contribution < 1.29 is 4.52 Å². The largest absolute Gasteiger partial charge is 0.339 e. The number of nitrogens with one attached hydrogen (secondary N) is 2. The van der Waals surface area contributed by atoms with Gasteiger partial charge in [0.25, 0.3) is 0 Å². The maximum Gasteiger partial charge on any atom is 0.239 e. The molecule has 2 aromatic rings. The van der Waals surface area contributed by atoms with E-state index in [2.05, 4.69) is 30.6 Å². The smallest absolute Gasteiger partial charge is 0.239 e. The fourth-order valence-corrected chi connectivity index (χ4v) is 2.26. The van der Waals surface area contributed by atoms with Crippen LogP contribution in [0, 0.1) is 5.92 Å². The minimum atomic E-state index is 0.476. The quantitative estimate of drug-likeness (QED) is 0.831. The van der Waals surface area contributed by atoms with E-state index in [1.807, 2.05) is 0 Å². The van der Waals surface area contributed by atoms with Gasteiger partial charge in [0.05, 0.1) is 0 Å². The van der Waals surface area contributed by atoms with Gasteiger partial charge in [-0.05, 0) is 38.3 Å². The van der Waals surface area contributed by atoms with E-state index in [-0.39, 0.29) is 0 Å². The maximum atomic E-state index is 5.21. The molecule has 2 aromatic heterocycles. The second-order valence-electron chi connectivity index (χ2n) is 4.60. The van der Waals surface area contributed by atoms with Crippen molar-refractivity contribution in [2.75, 3.05) is 13.1 Å². The van der Waals surface area contributed by atoms with Gasteiger partial charge in [0.2, 0.25) is 11.7 Å². The Morgan fingerprint density at radius 3 is 3.22 bits per heavy atom. The van der Waals surface area contributed by atoms with Gasteiger partial charge < -0.3 is 9.84 Å². The number of aryl methyl sites for hydroxylation is 1. The summed E-state index contributed by atoms with van der Waals surface area (Å²) >= 11 is 0. The van der Waals surface area contributed by atoms with Gasteiger partial charge in [0.1, 0.15) is 6.33 Å². The molecule has 1 aliphatic heterocycles. The van der Waals surface area contributed by atoms with Gasteiger partial charge in [-0.1, -0.05) is 5.16 Å². The van der Waals surface area contributed by atoms with Crippen LogP contribution in [0.1, 0.15) is 25.2 Å². The molecule has 0 spiro atoms. The lowest BCUT2D eigenvalue weighted by Gasteiger charge is -2.21. The average Bonchev–Trinajstić information content (AvgIpc) is 3.08. The summed E-state index contributed by atoms with van der Waals surface area (Å²) in [4.78, 5) is 8.29. The number of piperidine rings is 1. The lowest BCUT2D eigenvalue weighted by Crippen LogP contribution is -2.29. The van der Waals surface area contributed by atoms with Gasteiger partial charge in [0, 0.05) is 6.42 Å². The molecular formula is C11H16N6O. The van der Waals surface area contributed by atoms with Crippen LogP contribution < -0.4 is 5.32 Å². The van der Waals surface area contributed by atoms with Crippen molar-refractivity contribution in [3.63, 3.8) is 0 Å². The van der Waals surface area contributed by atoms with Gasteiger partial charge >= 0.3 is 0 Å². The van der Waals surface area contributed by atoms with E-state index in [1.165, 1.54) is 19.2 Å². The number of nitrogens with zero attached hydrogens (tertiary/aromatic N) is 4. The molecule has 0 aromatic carbocycles. The topological polar surface area (TPSA) is 92.5 Å². The first-order valence-electron chi connectivity index (χ1n) is 6.31. The highest BCUT2D eigenvalue weighted by Crippen LogP contribution is 2.17. The van der Waals surface area contributed by atoms with Crippen LogP contribution in [0.5, 0.6) is 0 Å². The summed E-state index contributed by atoms with van der Waals surface area (Å²) in [6.07, 6.45) is 5.89. The van der Waals surface area contributed by atoms with Crippen molar-refractivity contribution >= 4 is 0 Å². The molecule has 18 heavy (non-hydrogen) atoms. The highest BCUT2D eigenvalue weighted by atomic mass is 16.5. The number of rotatable bonds is 4. The Hall–Kier alpha value is -1.76. The Balaban J connectivity index is 1.57. The van der Waals surface area contributed by atoms with Crippen molar-refractivity contribution in [3.8, 4) is 11.6 Å². The van der Waals surface area contributed by atoms with Gasteiger partial charge in [-0.2, -0.15) is 10.1 Å². The molecule has 1 fully saturated rings. The standard InChI is InChI=1S/C11H16N6O/c1-2-8(6-12-5-1)3-4-9-15-11(17-18-9)10-13-7-14-16-10/h7-8,12H,1-6H2,(H,13,14,16). The van der Waals surface area contributed by atoms with Crippen LogP contribution in [0.25, 0.3) is 11.6 Å². The van der Waals surface area contributed by atoms with Gasteiger partial charge in [-0.15, -0.1) is 0 Å². The van der Waals surface area contributed by atoms with E-state index in [9.17, 15) is 0 Å². The number of aromatic nitrogens is 5. The van der Waals surface area contributed by atoms with E-state index >= 15 is 0 Å². The van der Waals surface area contributed by atoms with E-state index in [0.717, 1.165) is 31.8 Å². The predicted octanol–water partition coefficient (Wildman–Crippen LogP) is 0.787. The summed E-state index contributed by atoms with van der Waals surface area (Å²) in [5.74, 6) is 2.42. The molecule has 0 saturated carbocycles. The van der Waals surface area contributed by atoms with E-state index in [1.54, 1.807) is 0 Å². The van der Waals surface area contributed by atoms with Gasteiger partial charge in [-0.3, -0.25) is 5.10 Å². The molecule has 0 aliphatic carbocycles. The molecule has 0 radical (unpaired) electrons. The van der Waals surface area contributed by atoms with Crippen molar-refractivity contribution in [3.05, 3.63) is 12.2 Å². The molecule has 2 N–H and O–H groups in total. The molecule has 7 heteroatoms. The number of hydrogen-bond donors (Lipinski definition) is 2. The Morgan fingerprint density at radius 2 is 2.44 bits per heavy atom. The second kappa shape index (κ2) is 5.26. The van der Waals surface area contributed by atoms with Crippen LogP contribution in [-0.4, -0.2) is 38.4 Å². The molecule has 7 nitrogen and oxygen atoms in total. The Bertz CT molecular complexity index is 473. The number of H-pyrrole nitrogens is 1. The Labute approximate surface area is 104 Å². The van der Waals surface area contributed by atoms with Crippen LogP contribution in [0.3, 0.4) is 0 Å². The normalized spacial score (nSPS) is 20.1. The number of aromatic amines is 1. The minimum Gasteiger partial charge on any atom is -0.339 e. The molecule has 1 unspecified atom stereocenters. The van der Waals surface area contributed by atoms with Crippen LogP contribution in [0.4, 0.5) is 0 Å². The average molecular weight is 248 g/mol. The van der Waals surface area contributed by atoms with Crippen molar-refractivity contribution in [1.82, 2.24) is 30.6 Å². The zero-order valence-electron chi connectivity index (χ0n) is 10.1. The zero-order valence-corrected chi connectivity index (χ0v) is 10.1. The first kappa shape index (κ1) is 11.3. The van der Waals surface area contributed by atoms with E-state index in [0.29, 0.717) is 17.5 Å². The molecule has 1 saturated heterocycles. The third-order valence-corrected chi connectivity index (χ3v) is 3.26.